The first-order valence-corrected chi connectivity index (χ1v) is 4.49. The zero-order chi connectivity index (χ0) is 11.5. The quantitative estimate of drug-likeness (QED) is 0.786. The molecule has 0 amide bonds. The summed E-state index contributed by atoms with van der Waals surface area (Å²) in [4.78, 5) is 3.94. The van der Waals surface area contributed by atoms with E-state index in [0.29, 0.717) is 11.3 Å². The van der Waals surface area contributed by atoms with Crippen molar-refractivity contribution in [3.63, 3.8) is 0 Å². The molecule has 2 nitrogen and oxygen atoms in total. The maximum absolute atomic E-state index is 11.9. The van der Waals surface area contributed by atoms with Crippen molar-refractivity contribution in [2.75, 3.05) is 0 Å². The molecule has 1 aromatic heterocycles. The molecule has 0 aliphatic rings. The minimum atomic E-state index is -4.88. The molecule has 0 fully saturated rings. The topological polar surface area (TPSA) is 38.9 Å². The lowest BCUT2D eigenvalue weighted by atomic mass is 9.91. The Balaban J connectivity index is 2.77. The van der Waals surface area contributed by atoms with Crippen LogP contribution in [0.2, 0.25) is 0 Å². The predicted molar refractivity (Wildman–Crippen MR) is 55.0 cm³/mol. The molecule has 82 valence electrons. The van der Waals surface area contributed by atoms with Gasteiger partial charge in [0.05, 0.1) is 5.69 Å². The molecule has 0 aliphatic carbocycles. The average molecular weight is 215 g/mol. The van der Waals surface area contributed by atoms with Gasteiger partial charge in [0.2, 0.25) is 0 Å². The van der Waals surface area contributed by atoms with Crippen molar-refractivity contribution in [3.05, 3.63) is 35.6 Å². The fourth-order valence-electron chi connectivity index (χ4n) is 1.00. The summed E-state index contributed by atoms with van der Waals surface area (Å²) in [6, 6.07) is 2.97. The van der Waals surface area contributed by atoms with Gasteiger partial charge < -0.3 is 18.7 Å². The lowest BCUT2D eigenvalue weighted by molar-refractivity contribution is 0.499. The largest absolute Gasteiger partial charge is 0.502 e. The van der Waals surface area contributed by atoms with Gasteiger partial charge in [-0.2, -0.15) is 0 Å². The summed E-state index contributed by atoms with van der Waals surface area (Å²) in [5.41, 5.74) is 6.62. The number of hydrogen-bond donors (Lipinski definition) is 1. The minimum Gasteiger partial charge on any atom is -0.445 e. The summed E-state index contributed by atoms with van der Waals surface area (Å²) < 4.78 is 35.7. The molecule has 1 aromatic rings. The second kappa shape index (κ2) is 4.48. The maximum atomic E-state index is 11.9. The number of rotatable bonds is 3. The monoisotopic (exact) mass is 215 g/mol. The number of nitrogens with two attached hydrogens (primary N) is 1. The SMILES string of the molecule is CC(N)c1ccc(/C=C/[B-](F)(F)F)cn1. The van der Waals surface area contributed by atoms with E-state index in [0.717, 1.165) is 6.08 Å². The van der Waals surface area contributed by atoms with Crippen molar-refractivity contribution < 1.29 is 12.9 Å². The fourth-order valence-corrected chi connectivity index (χ4v) is 1.00. The normalized spacial score (nSPS) is 14.5. The highest BCUT2D eigenvalue weighted by atomic mass is 19.4. The Bertz CT molecular complexity index is 343. The molecule has 0 saturated carbocycles. The third kappa shape index (κ3) is 4.16. The van der Waals surface area contributed by atoms with Gasteiger partial charge in [-0.25, -0.2) is 0 Å². The van der Waals surface area contributed by atoms with Crippen LogP contribution >= 0.6 is 0 Å². The van der Waals surface area contributed by atoms with Gasteiger partial charge in [-0.1, -0.05) is 12.1 Å². The highest BCUT2D eigenvalue weighted by Gasteiger charge is 2.16. The Hall–Kier alpha value is -1.30. The molecule has 0 spiro atoms. The van der Waals surface area contributed by atoms with Crippen LogP contribution < -0.4 is 5.73 Å². The van der Waals surface area contributed by atoms with Gasteiger partial charge in [0, 0.05) is 12.2 Å². The van der Waals surface area contributed by atoms with E-state index in [-0.39, 0.29) is 12.0 Å². The van der Waals surface area contributed by atoms with Crippen LogP contribution in [0, 0.1) is 0 Å². The Kier molecular flexibility index (Phi) is 3.52. The third-order valence-corrected chi connectivity index (χ3v) is 1.78. The third-order valence-electron chi connectivity index (χ3n) is 1.78. The van der Waals surface area contributed by atoms with Crippen molar-refractivity contribution in [1.82, 2.24) is 4.98 Å². The molecule has 1 rings (SSSR count). The van der Waals surface area contributed by atoms with Crippen LogP contribution in [0.15, 0.2) is 24.3 Å². The summed E-state index contributed by atoms with van der Waals surface area (Å²) in [5.74, 6) is 0.239. The van der Waals surface area contributed by atoms with Gasteiger partial charge in [0.1, 0.15) is 0 Å². The van der Waals surface area contributed by atoms with Gasteiger partial charge in [0.25, 0.3) is 0 Å². The molecule has 0 aromatic carbocycles. The number of aromatic nitrogens is 1. The average Bonchev–Trinajstić information content (AvgIpc) is 2.14. The molecule has 2 N–H and O–H groups in total. The Labute approximate surface area is 86.1 Å². The Morgan fingerprint density at radius 1 is 1.40 bits per heavy atom. The van der Waals surface area contributed by atoms with Gasteiger partial charge in [-0.3, -0.25) is 4.98 Å². The second-order valence-corrected chi connectivity index (χ2v) is 3.29. The zero-order valence-corrected chi connectivity index (χ0v) is 8.20. The lowest BCUT2D eigenvalue weighted by Gasteiger charge is -2.07. The lowest BCUT2D eigenvalue weighted by Crippen LogP contribution is -2.09. The Morgan fingerprint density at radius 3 is 2.47 bits per heavy atom. The van der Waals surface area contributed by atoms with Gasteiger partial charge in [-0.15, -0.1) is 5.98 Å². The van der Waals surface area contributed by atoms with Gasteiger partial charge in [0.15, 0.2) is 0 Å². The molecule has 1 heterocycles. The Morgan fingerprint density at radius 2 is 2.07 bits per heavy atom. The zero-order valence-electron chi connectivity index (χ0n) is 8.20. The van der Waals surface area contributed by atoms with E-state index >= 15 is 0 Å². The molecule has 0 aliphatic heterocycles. The van der Waals surface area contributed by atoms with E-state index in [4.69, 9.17) is 5.73 Å². The number of halogens is 3. The van der Waals surface area contributed by atoms with Crippen LogP contribution in [0.25, 0.3) is 6.08 Å². The smallest absolute Gasteiger partial charge is 0.445 e. The van der Waals surface area contributed by atoms with Crippen molar-refractivity contribution in [1.29, 1.82) is 0 Å². The highest BCUT2D eigenvalue weighted by molar-refractivity contribution is 6.64. The van der Waals surface area contributed by atoms with Gasteiger partial charge in [-0.05, 0) is 18.6 Å². The summed E-state index contributed by atoms with van der Waals surface area (Å²) in [6.45, 7) is -3.12. The molecule has 6 heteroatoms. The van der Waals surface area contributed by atoms with Crippen LogP contribution in [0.1, 0.15) is 24.2 Å². The predicted octanol–water partition coefficient (Wildman–Crippen LogP) is 2.50. The molecular weight excluding hydrogens is 204 g/mol. The van der Waals surface area contributed by atoms with E-state index in [2.05, 4.69) is 4.98 Å². The molecule has 1 unspecified atom stereocenters. The van der Waals surface area contributed by atoms with Crippen molar-refractivity contribution in [2.24, 2.45) is 5.73 Å². The van der Waals surface area contributed by atoms with Crippen molar-refractivity contribution >= 4 is 13.1 Å². The van der Waals surface area contributed by atoms with Crippen LogP contribution in [0.4, 0.5) is 12.9 Å². The second-order valence-electron chi connectivity index (χ2n) is 3.29. The van der Waals surface area contributed by atoms with Crippen LogP contribution in [0.5, 0.6) is 0 Å². The number of hydrogen-bond acceptors (Lipinski definition) is 2. The van der Waals surface area contributed by atoms with E-state index in [1.807, 2.05) is 0 Å². The molecule has 15 heavy (non-hydrogen) atoms. The summed E-state index contributed by atoms with van der Waals surface area (Å²) in [7, 11) is 0. The van der Waals surface area contributed by atoms with E-state index in [1.54, 1.807) is 19.1 Å². The first-order chi connectivity index (χ1) is 6.88. The summed E-state index contributed by atoms with van der Waals surface area (Å²) in [5, 5.41) is 0. The first kappa shape index (κ1) is 11.8. The van der Waals surface area contributed by atoms with E-state index < -0.39 is 6.98 Å². The summed E-state index contributed by atoms with van der Waals surface area (Å²) >= 11 is 0. The molecule has 0 saturated heterocycles. The maximum Gasteiger partial charge on any atom is 0.502 e. The minimum absolute atomic E-state index is 0.213. The highest BCUT2D eigenvalue weighted by Crippen LogP contribution is 2.13. The van der Waals surface area contributed by atoms with Crippen LogP contribution in [-0.4, -0.2) is 12.0 Å². The number of nitrogens with zero attached hydrogens (tertiary/aromatic N) is 1. The van der Waals surface area contributed by atoms with E-state index in [9.17, 15) is 12.9 Å². The number of pyridine rings is 1. The molecule has 0 radical (unpaired) electrons. The van der Waals surface area contributed by atoms with Crippen LogP contribution in [-0.2, 0) is 0 Å². The first-order valence-electron chi connectivity index (χ1n) is 4.49. The van der Waals surface area contributed by atoms with Crippen molar-refractivity contribution in [3.8, 4) is 0 Å². The van der Waals surface area contributed by atoms with Crippen molar-refractivity contribution in [2.45, 2.75) is 13.0 Å². The standard InChI is InChI=1S/C9H11BF3N2/c1-7(14)9-3-2-8(6-15-9)4-5-10(11,12)13/h2-7H,14H2,1H3/q-1/b5-4+. The van der Waals surface area contributed by atoms with E-state index in [1.165, 1.54) is 6.20 Å². The molecule has 1 atom stereocenters. The van der Waals surface area contributed by atoms with Gasteiger partial charge >= 0.3 is 6.98 Å². The van der Waals surface area contributed by atoms with Crippen LogP contribution in [0.3, 0.4) is 0 Å². The molecule has 0 bridgehead atoms. The molecular formula is C9H11BF3N2-. The summed E-state index contributed by atoms with van der Waals surface area (Å²) in [6.07, 6.45) is 2.37. The fraction of sp³-hybridized carbons (Fsp3) is 0.222.